The normalized spacial score (nSPS) is 9.65. The van der Waals surface area contributed by atoms with E-state index in [1.165, 1.54) is 83.5 Å². The molecule has 0 amide bonds. The number of hydrogen-bond acceptors (Lipinski definition) is 1. The van der Waals surface area contributed by atoms with E-state index < -0.39 is 0 Å². The summed E-state index contributed by atoms with van der Waals surface area (Å²) in [6.07, 6.45) is 18.9. The van der Waals surface area contributed by atoms with Crippen LogP contribution in [0.15, 0.2) is 0 Å². The van der Waals surface area contributed by atoms with E-state index in [1.54, 1.807) is 0 Å². The van der Waals surface area contributed by atoms with Gasteiger partial charge in [-0.3, -0.25) is 0 Å². The molecule has 0 aromatic heterocycles. The number of hydrogen-bond donors (Lipinski definition) is 0. The predicted octanol–water partition coefficient (Wildman–Crippen LogP) is 6.24. The number of nitriles is 1. The second kappa shape index (κ2) is 20.8. The van der Waals surface area contributed by atoms with Crippen LogP contribution in [0.5, 0.6) is 0 Å². The van der Waals surface area contributed by atoms with Crippen LogP contribution < -0.4 is 0 Å². The molecule has 0 fully saturated rings. The topological polar surface area (TPSA) is 23.8 Å². The van der Waals surface area contributed by atoms with E-state index in [0.717, 1.165) is 0 Å². The third-order valence-electron chi connectivity index (χ3n) is 3.21. The summed E-state index contributed by atoms with van der Waals surface area (Å²) in [7, 11) is 0. The molecular formula is C16H33N. The molecule has 0 heterocycles. The zero-order valence-corrected chi connectivity index (χ0v) is 12.2. The van der Waals surface area contributed by atoms with Gasteiger partial charge in [-0.1, -0.05) is 97.3 Å². The Kier molecular flexibility index (Phi) is 23.1. The van der Waals surface area contributed by atoms with Crippen molar-refractivity contribution in [3.63, 3.8) is 0 Å². The minimum Gasteiger partial charge on any atom is -0.202 e. The van der Waals surface area contributed by atoms with Gasteiger partial charge < -0.3 is 0 Å². The van der Waals surface area contributed by atoms with Crippen molar-refractivity contribution in [1.29, 1.82) is 5.26 Å². The fraction of sp³-hybridized carbons (Fsp3) is 0.938. The third kappa shape index (κ3) is 21.4. The minimum atomic E-state index is 1.37. The Morgan fingerprint density at radius 2 is 0.647 bits per heavy atom. The van der Waals surface area contributed by atoms with Gasteiger partial charge in [0.15, 0.2) is 0 Å². The summed E-state index contributed by atoms with van der Waals surface area (Å²) in [6, 6.07) is 0. The Bertz CT molecular complexity index is 117. The van der Waals surface area contributed by atoms with E-state index in [-0.39, 0.29) is 0 Å². The van der Waals surface area contributed by atoms with E-state index in [9.17, 15) is 0 Å². The van der Waals surface area contributed by atoms with E-state index in [4.69, 9.17) is 5.26 Å². The second-order valence-corrected chi connectivity index (χ2v) is 4.89. The Morgan fingerprint density at radius 3 is 0.824 bits per heavy atom. The molecule has 0 aliphatic carbocycles. The van der Waals surface area contributed by atoms with E-state index in [0.29, 0.717) is 0 Å². The van der Waals surface area contributed by atoms with Gasteiger partial charge in [0.25, 0.3) is 0 Å². The summed E-state index contributed by atoms with van der Waals surface area (Å²) in [5.41, 5.74) is 0. The lowest BCUT2D eigenvalue weighted by Crippen LogP contribution is -1.82. The van der Waals surface area contributed by atoms with Crippen molar-refractivity contribution >= 4 is 0 Å². The predicted molar refractivity (Wildman–Crippen MR) is 78.0 cm³/mol. The van der Waals surface area contributed by atoms with Crippen molar-refractivity contribution in [2.24, 2.45) is 0 Å². The molecule has 0 aliphatic heterocycles. The Morgan fingerprint density at radius 1 is 0.471 bits per heavy atom. The maximum atomic E-state index is 6.50. The van der Waals surface area contributed by atoms with Crippen molar-refractivity contribution in [2.75, 3.05) is 0 Å². The molecule has 0 saturated carbocycles. The van der Waals surface area contributed by atoms with Crippen LogP contribution in [0.25, 0.3) is 0 Å². The van der Waals surface area contributed by atoms with Crippen molar-refractivity contribution in [1.82, 2.24) is 0 Å². The lowest BCUT2D eigenvalue weighted by molar-refractivity contribution is 0.542. The monoisotopic (exact) mass is 239 g/mol. The first-order chi connectivity index (χ1) is 8.41. The summed E-state index contributed by atoms with van der Waals surface area (Å²) >= 11 is 0. The molecule has 0 bridgehead atoms. The number of nitrogens with zero attached hydrogens (tertiary/aromatic N) is 1. The summed E-state index contributed by atoms with van der Waals surface area (Å²) in [5.74, 6) is 0. The van der Waals surface area contributed by atoms with Crippen molar-refractivity contribution in [2.45, 2.75) is 97.3 Å². The Hall–Kier alpha value is -0.510. The molecule has 0 aromatic carbocycles. The van der Waals surface area contributed by atoms with Crippen LogP contribution in [-0.2, 0) is 0 Å². The lowest BCUT2D eigenvalue weighted by Gasteiger charge is -2.01. The van der Waals surface area contributed by atoms with Crippen LogP contribution in [0, 0.1) is 11.8 Å². The van der Waals surface area contributed by atoms with Gasteiger partial charge in [0.2, 0.25) is 0 Å². The van der Waals surface area contributed by atoms with Crippen LogP contribution in [-0.4, -0.2) is 0 Å². The van der Waals surface area contributed by atoms with Gasteiger partial charge in [0, 0.05) is 6.57 Å². The Balaban J connectivity index is 0. The maximum absolute atomic E-state index is 6.50. The molecule has 0 unspecified atom stereocenters. The zero-order chi connectivity index (χ0) is 13.2. The molecule has 102 valence electrons. The van der Waals surface area contributed by atoms with E-state index in [2.05, 4.69) is 20.4 Å². The second-order valence-electron chi connectivity index (χ2n) is 4.89. The molecule has 1 nitrogen and oxygen atoms in total. The van der Waals surface area contributed by atoms with Crippen LogP contribution in [0.3, 0.4) is 0 Å². The molecule has 0 rings (SSSR count). The molecule has 0 atom stereocenters. The molecule has 0 radical (unpaired) electrons. The highest BCUT2D eigenvalue weighted by Crippen LogP contribution is 2.12. The highest BCUT2D eigenvalue weighted by molar-refractivity contribution is 4.47. The van der Waals surface area contributed by atoms with Crippen LogP contribution in [0.4, 0.5) is 0 Å². The minimum absolute atomic E-state index is 1.37. The molecule has 0 saturated heterocycles. The van der Waals surface area contributed by atoms with Gasteiger partial charge in [-0.2, -0.15) is 0 Å². The van der Waals surface area contributed by atoms with Gasteiger partial charge in [-0.05, 0) is 0 Å². The van der Waals surface area contributed by atoms with Gasteiger partial charge in [0.1, 0.15) is 0 Å². The average molecular weight is 239 g/mol. The highest BCUT2D eigenvalue weighted by Gasteiger charge is 1.92. The molecule has 0 N–H and O–H groups in total. The number of rotatable bonds is 12. The van der Waals surface area contributed by atoms with Gasteiger partial charge in [-0.15, -0.1) is 0 Å². The smallest absolute Gasteiger partial charge is 0.0462 e. The molecule has 0 spiro atoms. The largest absolute Gasteiger partial charge is 0.202 e. The standard InChI is InChI=1S/C15H32.CHN/c1-3-5-7-9-11-13-15-14-12-10-8-6-4-2;1-2/h3-15H2,1-2H3;1H. The summed E-state index contributed by atoms with van der Waals surface area (Å²) in [4.78, 5) is 0. The quantitative estimate of drug-likeness (QED) is 0.370. The summed E-state index contributed by atoms with van der Waals surface area (Å²) in [5, 5.41) is 6.50. The fourth-order valence-corrected chi connectivity index (χ4v) is 2.09. The van der Waals surface area contributed by atoms with E-state index in [1.807, 2.05) is 0 Å². The SMILES string of the molecule is C#N.CCCCCCCCCCCCCCC. The van der Waals surface area contributed by atoms with Crippen LogP contribution >= 0.6 is 0 Å². The average Bonchev–Trinajstić information content (AvgIpc) is 2.38. The Labute approximate surface area is 110 Å². The van der Waals surface area contributed by atoms with Gasteiger partial charge >= 0.3 is 0 Å². The van der Waals surface area contributed by atoms with Crippen molar-refractivity contribution in [3.05, 3.63) is 0 Å². The van der Waals surface area contributed by atoms with Crippen molar-refractivity contribution in [3.8, 4) is 6.57 Å². The van der Waals surface area contributed by atoms with Crippen molar-refractivity contribution < 1.29 is 0 Å². The lowest BCUT2D eigenvalue weighted by atomic mass is 10.1. The number of unbranched alkanes of at least 4 members (excludes halogenated alkanes) is 12. The molecule has 1 heteroatoms. The van der Waals surface area contributed by atoms with Crippen LogP contribution in [0.1, 0.15) is 97.3 Å². The summed E-state index contributed by atoms with van der Waals surface area (Å²) in [6.45, 7) is 8.08. The summed E-state index contributed by atoms with van der Waals surface area (Å²) < 4.78 is 0. The first kappa shape index (κ1) is 18.8. The first-order valence-electron chi connectivity index (χ1n) is 7.67. The molecule has 0 aromatic rings. The maximum Gasteiger partial charge on any atom is 0.0462 e. The molecule has 17 heavy (non-hydrogen) atoms. The highest BCUT2D eigenvalue weighted by atomic mass is 14.2. The zero-order valence-electron chi connectivity index (χ0n) is 12.2. The van der Waals surface area contributed by atoms with Crippen LogP contribution in [0.2, 0.25) is 0 Å². The first-order valence-corrected chi connectivity index (χ1v) is 7.67. The molecule has 0 aliphatic rings. The fourth-order valence-electron chi connectivity index (χ4n) is 2.09. The van der Waals surface area contributed by atoms with Gasteiger partial charge in [0.05, 0.1) is 0 Å². The molecular weight excluding hydrogens is 206 g/mol. The third-order valence-corrected chi connectivity index (χ3v) is 3.21. The van der Waals surface area contributed by atoms with Gasteiger partial charge in [-0.25, -0.2) is 5.26 Å². The van der Waals surface area contributed by atoms with E-state index >= 15 is 0 Å².